The fourth-order valence-corrected chi connectivity index (χ4v) is 4.84. The first kappa shape index (κ1) is 21.6. The van der Waals surface area contributed by atoms with E-state index in [0.717, 1.165) is 34.9 Å². The zero-order valence-electron chi connectivity index (χ0n) is 18.3. The molecule has 0 aliphatic heterocycles. The van der Waals surface area contributed by atoms with Crippen molar-refractivity contribution in [3.05, 3.63) is 61.7 Å². The highest BCUT2D eigenvalue weighted by Gasteiger charge is 2.30. The molecule has 164 valence electrons. The number of halogens is 1. The summed E-state index contributed by atoms with van der Waals surface area (Å²) in [4.78, 5) is 20.2. The number of benzene rings is 1. The minimum Gasteiger partial charge on any atom is -0.391 e. The van der Waals surface area contributed by atoms with Gasteiger partial charge in [0.15, 0.2) is 0 Å². The smallest absolute Gasteiger partial charge is 0.254 e. The van der Waals surface area contributed by atoms with Gasteiger partial charge in [-0.25, -0.2) is 9.37 Å². The van der Waals surface area contributed by atoms with Crippen molar-refractivity contribution in [3.63, 3.8) is 0 Å². The van der Waals surface area contributed by atoms with Gasteiger partial charge in [0.05, 0.1) is 29.1 Å². The lowest BCUT2D eigenvalue weighted by Crippen LogP contribution is -2.38. The van der Waals surface area contributed by atoms with Crippen molar-refractivity contribution in [3.8, 4) is 11.4 Å². The topological polar surface area (TPSA) is 112 Å². The number of hydrogen-bond acceptors (Lipinski definition) is 5. The summed E-state index contributed by atoms with van der Waals surface area (Å²) >= 11 is 0. The van der Waals surface area contributed by atoms with Gasteiger partial charge in [-0.1, -0.05) is 13.8 Å². The molecule has 3 aromatic rings. The maximum atomic E-state index is 14.6. The number of pyridine rings is 2. The second-order valence-electron chi connectivity index (χ2n) is 8.64. The number of rotatable bonds is 4. The fraction of sp³-hybridized carbons (Fsp3) is 0.417. The first-order chi connectivity index (χ1) is 14.6. The number of nitrogens with zero attached hydrogens (tertiary/aromatic N) is 1. The van der Waals surface area contributed by atoms with Crippen LogP contribution in [0.2, 0.25) is 0 Å². The van der Waals surface area contributed by atoms with Gasteiger partial charge in [-0.3, -0.25) is 10.5 Å². The van der Waals surface area contributed by atoms with Crippen molar-refractivity contribution < 1.29 is 14.6 Å². The number of hydrogen-bond donors (Lipinski definition) is 4. The number of nitrogens with two attached hydrogens (primary N) is 1. The summed E-state index contributed by atoms with van der Waals surface area (Å²) in [5, 5.41) is 21.3. The predicted molar refractivity (Wildman–Crippen MR) is 118 cm³/mol. The molecule has 0 radical (unpaired) electrons. The van der Waals surface area contributed by atoms with Crippen molar-refractivity contribution in [1.82, 2.24) is 9.97 Å². The van der Waals surface area contributed by atoms with Gasteiger partial charge < -0.3 is 15.2 Å². The van der Waals surface area contributed by atoms with Gasteiger partial charge in [-0.2, -0.15) is 0 Å². The number of aliphatic hydroxyl groups excluding tert-OH is 1. The zero-order valence-corrected chi connectivity index (χ0v) is 18.3. The van der Waals surface area contributed by atoms with Gasteiger partial charge in [0.1, 0.15) is 11.5 Å². The predicted octanol–water partition coefficient (Wildman–Crippen LogP) is 3.40. The van der Waals surface area contributed by atoms with E-state index >= 15 is 0 Å². The Balaban J connectivity index is 2.08. The number of aromatic amines is 1. The maximum absolute atomic E-state index is 14.6. The molecule has 0 fully saturated rings. The van der Waals surface area contributed by atoms with Crippen LogP contribution < -0.4 is 11.3 Å². The van der Waals surface area contributed by atoms with Crippen LogP contribution >= 0.6 is 0 Å². The SMILES string of the molecule is CC[C@](N)(O)c1cc(-c2nc3cc(F)c(C)c4c3c(c2C)[C@@H](C)CC4)[nH]c(=O)c1CO. The molecule has 0 spiro atoms. The molecule has 1 aromatic carbocycles. The van der Waals surface area contributed by atoms with Gasteiger partial charge in [0.25, 0.3) is 5.56 Å². The summed E-state index contributed by atoms with van der Waals surface area (Å²) in [6.07, 6.45) is 1.86. The third-order valence-electron chi connectivity index (χ3n) is 6.77. The molecule has 31 heavy (non-hydrogen) atoms. The Hall–Kier alpha value is -2.61. The molecule has 5 N–H and O–H groups in total. The van der Waals surface area contributed by atoms with Crippen molar-refractivity contribution in [2.75, 3.05) is 0 Å². The van der Waals surface area contributed by atoms with Crippen molar-refractivity contribution in [2.24, 2.45) is 5.73 Å². The van der Waals surface area contributed by atoms with E-state index in [1.807, 2.05) is 6.92 Å². The van der Waals surface area contributed by atoms with Gasteiger partial charge in [-0.05, 0) is 67.3 Å². The molecule has 0 bridgehead atoms. The van der Waals surface area contributed by atoms with Crippen LogP contribution in [0, 0.1) is 19.7 Å². The summed E-state index contributed by atoms with van der Waals surface area (Å²) in [6.45, 7) is 7.04. The quantitative estimate of drug-likeness (QED) is 0.479. The standard InChI is InChI=1S/C24H28FN3O3/c1-5-24(26,31)16-8-19(28-23(30)15(16)10-29)22-13(4)20-11(2)6-7-14-12(3)17(25)9-18(27-22)21(14)20/h8-9,11,29,31H,5-7,10,26H2,1-4H3,(H,28,30)/t11-,24-/m0/s1. The third-order valence-corrected chi connectivity index (χ3v) is 6.77. The van der Waals surface area contributed by atoms with Gasteiger partial charge in [-0.15, -0.1) is 0 Å². The van der Waals surface area contributed by atoms with Crippen LogP contribution in [0.3, 0.4) is 0 Å². The highest BCUT2D eigenvalue weighted by Crippen LogP contribution is 2.42. The molecule has 2 atom stereocenters. The van der Waals surface area contributed by atoms with E-state index in [2.05, 4.69) is 11.9 Å². The van der Waals surface area contributed by atoms with E-state index in [4.69, 9.17) is 10.7 Å². The Morgan fingerprint density at radius 3 is 2.68 bits per heavy atom. The third kappa shape index (κ3) is 3.28. The first-order valence-corrected chi connectivity index (χ1v) is 10.6. The monoisotopic (exact) mass is 425 g/mol. The van der Waals surface area contributed by atoms with Crippen LogP contribution in [0.15, 0.2) is 16.9 Å². The van der Waals surface area contributed by atoms with Crippen LogP contribution in [-0.4, -0.2) is 20.2 Å². The van der Waals surface area contributed by atoms with E-state index < -0.39 is 17.9 Å². The van der Waals surface area contributed by atoms with Gasteiger partial charge in [0.2, 0.25) is 0 Å². The Bertz CT molecular complexity index is 1260. The largest absolute Gasteiger partial charge is 0.391 e. The molecular weight excluding hydrogens is 397 g/mol. The summed E-state index contributed by atoms with van der Waals surface area (Å²) in [6, 6.07) is 3.02. The van der Waals surface area contributed by atoms with E-state index in [-0.39, 0.29) is 29.3 Å². The molecule has 0 saturated carbocycles. The van der Waals surface area contributed by atoms with Crippen LogP contribution in [0.1, 0.15) is 66.0 Å². The van der Waals surface area contributed by atoms with E-state index in [1.165, 1.54) is 6.07 Å². The normalized spacial score (nSPS) is 17.7. The Kier molecular flexibility index (Phi) is 5.24. The molecule has 0 saturated heterocycles. The van der Waals surface area contributed by atoms with Crippen molar-refractivity contribution in [2.45, 2.75) is 65.2 Å². The van der Waals surface area contributed by atoms with Crippen LogP contribution in [0.25, 0.3) is 22.3 Å². The molecule has 7 heteroatoms. The Morgan fingerprint density at radius 1 is 1.32 bits per heavy atom. The molecule has 2 aromatic heterocycles. The van der Waals surface area contributed by atoms with E-state index in [1.54, 1.807) is 19.9 Å². The van der Waals surface area contributed by atoms with Gasteiger partial charge >= 0.3 is 0 Å². The van der Waals surface area contributed by atoms with Gasteiger partial charge in [0, 0.05) is 17.0 Å². The second-order valence-corrected chi connectivity index (χ2v) is 8.64. The number of nitrogens with one attached hydrogen (secondary N) is 1. The average Bonchev–Trinajstić information content (AvgIpc) is 2.73. The summed E-state index contributed by atoms with van der Waals surface area (Å²) in [5.74, 6) is -0.0379. The highest BCUT2D eigenvalue weighted by atomic mass is 19.1. The molecular formula is C24H28FN3O3. The van der Waals surface area contributed by atoms with E-state index in [0.29, 0.717) is 22.5 Å². The minimum absolute atomic E-state index is 0.0210. The number of aliphatic hydroxyl groups is 2. The molecule has 0 unspecified atom stereocenters. The van der Waals surface area contributed by atoms with Crippen molar-refractivity contribution in [1.29, 1.82) is 0 Å². The van der Waals surface area contributed by atoms with E-state index in [9.17, 15) is 19.4 Å². The number of aromatic nitrogens is 2. The molecule has 6 nitrogen and oxygen atoms in total. The zero-order chi connectivity index (χ0) is 22.7. The lowest BCUT2D eigenvalue weighted by atomic mass is 9.79. The van der Waals surface area contributed by atoms with Crippen LogP contribution in [0.4, 0.5) is 4.39 Å². The Labute approximate surface area is 180 Å². The highest BCUT2D eigenvalue weighted by molar-refractivity contribution is 5.92. The lowest BCUT2D eigenvalue weighted by Gasteiger charge is -2.28. The molecule has 1 aliphatic carbocycles. The second kappa shape index (κ2) is 7.51. The fourth-order valence-electron chi connectivity index (χ4n) is 4.84. The molecule has 0 amide bonds. The molecule has 1 aliphatic rings. The summed E-state index contributed by atoms with van der Waals surface area (Å²) < 4.78 is 14.6. The lowest BCUT2D eigenvalue weighted by molar-refractivity contribution is 0.0371. The minimum atomic E-state index is -1.77. The summed E-state index contributed by atoms with van der Waals surface area (Å²) in [7, 11) is 0. The molecule has 2 heterocycles. The maximum Gasteiger partial charge on any atom is 0.254 e. The summed E-state index contributed by atoms with van der Waals surface area (Å²) in [5.41, 5.74) is 9.01. The molecule has 4 rings (SSSR count). The number of aryl methyl sites for hydroxylation is 1. The Morgan fingerprint density at radius 2 is 2.03 bits per heavy atom. The average molecular weight is 426 g/mol. The van der Waals surface area contributed by atoms with Crippen LogP contribution in [0.5, 0.6) is 0 Å². The van der Waals surface area contributed by atoms with Crippen LogP contribution in [-0.2, 0) is 18.8 Å². The van der Waals surface area contributed by atoms with Crippen molar-refractivity contribution >= 4 is 10.9 Å². The first-order valence-electron chi connectivity index (χ1n) is 10.6. The number of H-pyrrole nitrogens is 1.